The molecule has 0 aliphatic carbocycles. The third-order valence-electron chi connectivity index (χ3n) is 3.76. The highest BCUT2D eigenvalue weighted by Crippen LogP contribution is 2.27. The highest BCUT2D eigenvalue weighted by Gasteiger charge is 2.12. The van der Waals surface area contributed by atoms with Crippen LogP contribution in [0.2, 0.25) is 0 Å². The van der Waals surface area contributed by atoms with Gasteiger partial charge >= 0.3 is 0 Å². The van der Waals surface area contributed by atoms with Crippen LogP contribution in [-0.2, 0) is 4.74 Å². The molecule has 2 rings (SSSR count). The standard InChI is InChI=1S/C21H24BrN3O4S/c1-13(2)29-18-8-7-15(12-17(18)22)20(27)25-21(30)24-16-6-4-5-14(11-16)19(26)23-9-10-28-3/h4-8,11-13H,9-10H2,1-3H3,(H,23,26)(H2,24,25,27,30). The van der Waals surface area contributed by atoms with Gasteiger partial charge in [-0.1, -0.05) is 6.07 Å². The maximum absolute atomic E-state index is 12.5. The molecular formula is C21H24BrN3O4S. The van der Waals surface area contributed by atoms with E-state index in [-0.39, 0.29) is 23.0 Å². The molecule has 0 aliphatic rings. The molecule has 0 aliphatic heterocycles. The maximum Gasteiger partial charge on any atom is 0.257 e. The van der Waals surface area contributed by atoms with Crippen molar-refractivity contribution in [2.24, 2.45) is 0 Å². The van der Waals surface area contributed by atoms with E-state index in [4.69, 9.17) is 21.7 Å². The van der Waals surface area contributed by atoms with E-state index in [2.05, 4.69) is 31.9 Å². The van der Waals surface area contributed by atoms with E-state index in [9.17, 15) is 9.59 Å². The smallest absolute Gasteiger partial charge is 0.257 e. The largest absolute Gasteiger partial charge is 0.490 e. The number of benzene rings is 2. The zero-order valence-electron chi connectivity index (χ0n) is 17.0. The summed E-state index contributed by atoms with van der Waals surface area (Å²) in [7, 11) is 1.57. The van der Waals surface area contributed by atoms with Crippen molar-refractivity contribution in [3.05, 3.63) is 58.1 Å². The molecule has 0 bridgehead atoms. The second-order valence-electron chi connectivity index (χ2n) is 6.55. The van der Waals surface area contributed by atoms with Crippen molar-refractivity contribution in [2.75, 3.05) is 25.6 Å². The van der Waals surface area contributed by atoms with Crippen molar-refractivity contribution >= 4 is 50.8 Å². The molecule has 3 N–H and O–H groups in total. The molecule has 0 saturated carbocycles. The lowest BCUT2D eigenvalue weighted by molar-refractivity contribution is 0.0935. The predicted octanol–water partition coefficient (Wildman–Crippen LogP) is 3.74. The number of thiocarbonyl (C=S) groups is 1. The Bertz CT molecular complexity index is 921. The van der Waals surface area contributed by atoms with Gasteiger partial charge in [-0.3, -0.25) is 14.9 Å². The van der Waals surface area contributed by atoms with Gasteiger partial charge in [0.1, 0.15) is 5.75 Å². The van der Waals surface area contributed by atoms with Crippen molar-refractivity contribution < 1.29 is 19.1 Å². The molecule has 0 aromatic heterocycles. The molecule has 7 nitrogen and oxygen atoms in total. The number of amides is 2. The summed E-state index contributed by atoms with van der Waals surface area (Å²) < 4.78 is 11.2. The summed E-state index contributed by atoms with van der Waals surface area (Å²) in [5, 5.41) is 8.41. The zero-order valence-corrected chi connectivity index (χ0v) is 19.4. The minimum Gasteiger partial charge on any atom is -0.490 e. The molecule has 0 saturated heterocycles. The van der Waals surface area contributed by atoms with Crippen LogP contribution in [0.4, 0.5) is 5.69 Å². The molecule has 2 aromatic carbocycles. The van der Waals surface area contributed by atoms with Gasteiger partial charge < -0.3 is 20.1 Å². The van der Waals surface area contributed by atoms with Gasteiger partial charge in [-0.05, 0) is 78.4 Å². The van der Waals surface area contributed by atoms with Crippen LogP contribution in [0.15, 0.2) is 46.9 Å². The molecule has 0 atom stereocenters. The number of carbonyl (C=O) groups excluding carboxylic acids is 2. The summed E-state index contributed by atoms with van der Waals surface area (Å²) in [5.74, 6) is 0.0693. The second kappa shape index (κ2) is 11.6. The van der Waals surface area contributed by atoms with Gasteiger partial charge in [-0.15, -0.1) is 0 Å². The lowest BCUT2D eigenvalue weighted by Crippen LogP contribution is -2.34. The lowest BCUT2D eigenvalue weighted by Gasteiger charge is -2.13. The van der Waals surface area contributed by atoms with Crippen LogP contribution in [0.25, 0.3) is 0 Å². The fraction of sp³-hybridized carbons (Fsp3) is 0.286. The summed E-state index contributed by atoms with van der Waals surface area (Å²) in [6.45, 7) is 4.70. The Morgan fingerprint density at radius 3 is 2.50 bits per heavy atom. The topological polar surface area (TPSA) is 88.7 Å². The van der Waals surface area contributed by atoms with Gasteiger partial charge in [-0.25, -0.2) is 0 Å². The summed E-state index contributed by atoms with van der Waals surface area (Å²) >= 11 is 8.63. The average molecular weight is 494 g/mol. The predicted molar refractivity (Wildman–Crippen MR) is 124 cm³/mol. The van der Waals surface area contributed by atoms with E-state index in [0.717, 1.165) is 0 Å². The number of methoxy groups -OCH3 is 1. The Labute approximate surface area is 189 Å². The Morgan fingerprint density at radius 1 is 1.10 bits per heavy atom. The third-order valence-corrected chi connectivity index (χ3v) is 4.58. The normalized spacial score (nSPS) is 10.4. The van der Waals surface area contributed by atoms with Crippen LogP contribution in [0.3, 0.4) is 0 Å². The van der Waals surface area contributed by atoms with E-state index in [1.54, 1.807) is 49.6 Å². The molecule has 0 fully saturated rings. The van der Waals surface area contributed by atoms with Gasteiger partial charge in [0.25, 0.3) is 11.8 Å². The number of hydrogen-bond acceptors (Lipinski definition) is 5. The van der Waals surface area contributed by atoms with Crippen LogP contribution < -0.4 is 20.7 Å². The average Bonchev–Trinajstić information content (AvgIpc) is 2.69. The first-order chi connectivity index (χ1) is 14.3. The van der Waals surface area contributed by atoms with Crippen molar-refractivity contribution in [2.45, 2.75) is 20.0 Å². The van der Waals surface area contributed by atoms with Crippen molar-refractivity contribution in [1.82, 2.24) is 10.6 Å². The highest BCUT2D eigenvalue weighted by molar-refractivity contribution is 9.10. The van der Waals surface area contributed by atoms with Crippen LogP contribution in [0.5, 0.6) is 5.75 Å². The van der Waals surface area contributed by atoms with Crippen molar-refractivity contribution in [1.29, 1.82) is 0 Å². The minimum absolute atomic E-state index is 0.0237. The van der Waals surface area contributed by atoms with Crippen molar-refractivity contribution in [3.8, 4) is 5.75 Å². The maximum atomic E-state index is 12.5. The van der Waals surface area contributed by atoms with Gasteiger partial charge in [0.2, 0.25) is 0 Å². The third kappa shape index (κ3) is 7.40. The zero-order chi connectivity index (χ0) is 22.1. The summed E-state index contributed by atoms with van der Waals surface area (Å²) in [4.78, 5) is 24.6. The number of halogens is 1. The first-order valence-electron chi connectivity index (χ1n) is 9.26. The Hall–Kier alpha value is -2.49. The van der Waals surface area contributed by atoms with Crippen LogP contribution in [0.1, 0.15) is 34.6 Å². The van der Waals surface area contributed by atoms with E-state index in [1.807, 2.05) is 13.8 Å². The Morgan fingerprint density at radius 2 is 1.83 bits per heavy atom. The molecular weight excluding hydrogens is 470 g/mol. The van der Waals surface area contributed by atoms with Crippen molar-refractivity contribution in [3.63, 3.8) is 0 Å². The number of anilines is 1. The molecule has 2 aromatic rings. The van der Waals surface area contributed by atoms with E-state index >= 15 is 0 Å². The SMILES string of the molecule is COCCNC(=O)c1cccc(NC(=S)NC(=O)c2ccc(OC(C)C)c(Br)c2)c1. The highest BCUT2D eigenvalue weighted by atomic mass is 79.9. The Balaban J connectivity index is 1.97. The lowest BCUT2D eigenvalue weighted by atomic mass is 10.2. The fourth-order valence-corrected chi connectivity index (χ4v) is 3.12. The summed E-state index contributed by atoms with van der Waals surface area (Å²) in [5.41, 5.74) is 1.48. The van der Waals surface area contributed by atoms with Gasteiger partial charge in [0, 0.05) is 30.5 Å². The molecule has 160 valence electrons. The number of nitrogens with one attached hydrogen (secondary N) is 3. The van der Waals surface area contributed by atoms with Gasteiger partial charge in [0.15, 0.2) is 5.11 Å². The van der Waals surface area contributed by atoms with E-state index < -0.39 is 0 Å². The number of hydrogen-bond donors (Lipinski definition) is 3. The molecule has 0 unspecified atom stereocenters. The van der Waals surface area contributed by atoms with E-state index in [0.29, 0.717) is 40.2 Å². The molecule has 2 amide bonds. The first-order valence-corrected chi connectivity index (χ1v) is 10.5. The summed E-state index contributed by atoms with van der Waals surface area (Å²) in [6.07, 6.45) is 0.0237. The number of carbonyl (C=O) groups is 2. The molecule has 30 heavy (non-hydrogen) atoms. The van der Waals surface area contributed by atoms with Crippen LogP contribution in [-0.4, -0.2) is 43.3 Å². The van der Waals surface area contributed by atoms with Gasteiger partial charge in [0.05, 0.1) is 17.2 Å². The number of ether oxygens (including phenoxy) is 2. The Kier molecular flexibility index (Phi) is 9.22. The van der Waals surface area contributed by atoms with Crippen LogP contribution >= 0.6 is 28.1 Å². The quantitative estimate of drug-likeness (QED) is 0.383. The minimum atomic E-state index is -0.363. The second-order valence-corrected chi connectivity index (χ2v) is 7.81. The first kappa shape index (κ1) is 23.8. The molecule has 0 spiro atoms. The monoisotopic (exact) mass is 493 g/mol. The summed E-state index contributed by atoms with van der Waals surface area (Å²) in [6, 6.07) is 11.9. The molecule has 0 radical (unpaired) electrons. The number of rotatable bonds is 8. The van der Waals surface area contributed by atoms with E-state index in [1.165, 1.54) is 0 Å². The fourth-order valence-electron chi connectivity index (χ4n) is 2.44. The molecule has 9 heteroatoms. The van der Waals surface area contributed by atoms with Gasteiger partial charge in [-0.2, -0.15) is 0 Å². The van der Waals surface area contributed by atoms with Crippen LogP contribution in [0, 0.1) is 0 Å². The molecule has 0 heterocycles.